The van der Waals surface area contributed by atoms with Crippen molar-refractivity contribution in [2.24, 2.45) is 5.92 Å². The van der Waals surface area contributed by atoms with Crippen molar-refractivity contribution < 1.29 is 9.90 Å². The van der Waals surface area contributed by atoms with Gasteiger partial charge in [0.2, 0.25) is 5.91 Å². The number of carbonyl (C=O) groups excluding carboxylic acids is 1. The summed E-state index contributed by atoms with van der Waals surface area (Å²) in [6.07, 6.45) is 4.24. The monoisotopic (exact) mass is 345 g/mol. The Balaban J connectivity index is 1.43. The van der Waals surface area contributed by atoms with Crippen LogP contribution in [-0.2, 0) is 11.3 Å². The van der Waals surface area contributed by atoms with Crippen molar-refractivity contribution in [1.82, 2.24) is 10.2 Å². The van der Waals surface area contributed by atoms with Crippen LogP contribution in [0.5, 0.6) is 0 Å². The van der Waals surface area contributed by atoms with Crippen LogP contribution in [0.2, 0.25) is 0 Å². The van der Waals surface area contributed by atoms with Gasteiger partial charge in [-0.15, -0.1) is 0 Å². The number of hydrogen-bond donors (Lipinski definition) is 2. The Labute approximate surface area is 151 Å². The summed E-state index contributed by atoms with van der Waals surface area (Å²) in [6, 6.07) is 9.37. The van der Waals surface area contributed by atoms with Gasteiger partial charge in [0.25, 0.3) is 0 Å². The second kappa shape index (κ2) is 8.68. The quantitative estimate of drug-likeness (QED) is 0.857. The van der Waals surface area contributed by atoms with E-state index in [1.807, 2.05) is 4.90 Å². The molecule has 3 rings (SSSR count). The Morgan fingerprint density at radius 3 is 2.28 bits per heavy atom. The van der Waals surface area contributed by atoms with Gasteiger partial charge in [0.15, 0.2) is 0 Å². The first-order valence-corrected chi connectivity index (χ1v) is 9.59. The van der Waals surface area contributed by atoms with Gasteiger partial charge in [-0.05, 0) is 49.3 Å². The lowest BCUT2D eigenvalue weighted by Crippen LogP contribution is -2.43. The van der Waals surface area contributed by atoms with Crippen molar-refractivity contribution in [3.8, 4) is 0 Å². The molecular formula is C20H31N3O2. The van der Waals surface area contributed by atoms with E-state index < -0.39 is 0 Å². The molecule has 2 heterocycles. The van der Waals surface area contributed by atoms with E-state index in [1.54, 1.807) is 6.92 Å². The number of aliphatic hydroxyl groups is 1. The van der Waals surface area contributed by atoms with Crippen LogP contribution in [-0.4, -0.2) is 54.7 Å². The Morgan fingerprint density at radius 1 is 1.08 bits per heavy atom. The fourth-order valence-corrected chi connectivity index (χ4v) is 3.86. The number of carbonyl (C=O) groups is 1. The van der Waals surface area contributed by atoms with Crippen LogP contribution in [0.1, 0.15) is 38.2 Å². The minimum atomic E-state index is 0.192. The average molecular weight is 345 g/mol. The minimum absolute atomic E-state index is 0.192. The van der Waals surface area contributed by atoms with Crippen LogP contribution in [0, 0.1) is 5.92 Å². The normalized spacial score (nSPS) is 20.1. The van der Waals surface area contributed by atoms with E-state index in [0.717, 1.165) is 58.4 Å². The Kier molecular flexibility index (Phi) is 6.32. The second-order valence-electron chi connectivity index (χ2n) is 7.44. The predicted octanol–water partition coefficient (Wildman–Crippen LogP) is 2.00. The van der Waals surface area contributed by atoms with E-state index in [2.05, 4.69) is 34.5 Å². The summed E-state index contributed by atoms with van der Waals surface area (Å²) in [6.45, 7) is 6.68. The minimum Gasteiger partial charge on any atom is -0.396 e. The molecule has 2 aliphatic heterocycles. The molecule has 0 aliphatic carbocycles. The van der Waals surface area contributed by atoms with E-state index >= 15 is 0 Å². The number of anilines is 1. The molecular weight excluding hydrogens is 314 g/mol. The number of benzene rings is 1. The molecule has 1 aromatic rings. The first-order valence-electron chi connectivity index (χ1n) is 9.59. The van der Waals surface area contributed by atoms with Crippen molar-refractivity contribution in [2.45, 2.75) is 45.2 Å². The van der Waals surface area contributed by atoms with E-state index in [0.29, 0.717) is 18.6 Å². The van der Waals surface area contributed by atoms with Gasteiger partial charge in [-0.3, -0.25) is 4.79 Å². The highest BCUT2D eigenvalue weighted by atomic mass is 16.3. The zero-order valence-electron chi connectivity index (χ0n) is 15.3. The highest BCUT2D eigenvalue weighted by Crippen LogP contribution is 2.23. The Morgan fingerprint density at radius 2 is 1.72 bits per heavy atom. The molecule has 5 nitrogen and oxygen atoms in total. The van der Waals surface area contributed by atoms with Gasteiger partial charge in [0.1, 0.15) is 0 Å². The highest BCUT2D eigenvalue weighted by molar-refractivity contribution is 5.73. The van der Waals surface area contributed by atoms with E-state index in [-0.39, 0.29) is 5.91 Å². The molecule has 2 saturated heterocycles. The zero-order chi connectivity index (χ0) is 17.6. The van der Waals surface area contributed by atoms with Crippen LogP contribution < -0.4 is 10.2 Å². The summed E-state index contributed by atoms with van der Waals surface area (Å²) in [7, 11) is 0. The van der Waals surface area contributed by atoms with E-state index in [9.17, 15) is 9.90 Å². The molecule has 1 aromatic carbocycles. The summed E-state index contributed by atoms with van der Waals surface area (Å²) < 4.78 is 0. The molecule has 2 fully saturated rings. The number of nitrogens with one attached hydrogen (secondary N) is 1. The number of likely N-dealkylation sites (tertiary alicyclic amines) is 1. The van der Waals surface area contributed by atoms with Crippen molar-refractivity contribution >= 4 is 11.6 Å². The maximum atomic E-state index is 11.4. The lowest BCUT2D eigenvalue weighted by Gasteiger charge is -2.33. The maximum Gasteiger partial charge on any atom is 0.219 e. The fourth-order valence-electron chi connectivity index (χ4n) is 3.86. The average Bonchev–Trinajstić information content (AvgIpc) is 2.67. The number of piperidine rings is 2. The second-order valence-corrected chi connectivity index (χ2v) is 7.44. The smallest absolute Gasteiger partial charge is 0.219 e. The van der Waals surface area contributed by atoms with E-state index in [1.165, 1.54) is 11.3 Å². The third-order valence-corrected chi connectivity index (χ3v) is 5.71. The summed E-state index contributed by atoms with van der Waals surface area (Å²) in [5, 5.41) is 12.9. The fraction of sp³-hybridized carbons (Fsp3) is 0.650. The van der Waals surface area contributed by atoms with Crippen LogP contribution in [0.3, 0.4) is 0 Å². The van der Waals surface area contributed by atoms with Crippen LogP contribution in [0.4, 0.5) is 5.69 Å². The number of amides is 1. The molecule has 0 bridgehead atoms. The summed E-state index contributed by atoms with van der Waals surface area (Å²) >= 11 is 0. The third-order valence-electron chi connectivity index (χ3n) is 5.71. The molecule has 0 saturated carbocycles. The lowest BCUT2D eigenvalue weighted by molar-refractivity contribution is -0.129. The van der Waals surface area contributed by atoms with Gasteiger partial charge in [0.05, 0.1) is 0 Å². The molecule has 0 unspecified atom stereocenters. The maximum absolute atomic E-state index is 11.4. The van der Waals surface area contributed by atoms with Gasteiger partial charge >= 0.3 is 0 Å². The molecule has 1 amide bonds. The van der Waals surface area contributed by atoms with Crippen molar-refractivity contribution in [2.75, 3.05) is 37.7 Å². The van der Waals surface area contributed by atoms with Crippen LogP contribution in [0.25, 0.3) is 0 Å². The molecule has 25 heavy (non-hydrogen) atoms. The molecule has 2 N–H and O–H groups in total. The van der Waals surface area contributed by atoms with Crippen molar-refractivity contribution in [1.29, 1.82) is 0 Å². The standard InChI is InChI=1S/C20H31N3O2/c1-16(25)22-12-8-19(9-13-22)21-14-17-2-4-20(5-3-17)23-10-6-18(15-24)7-11-23/h2-5,18-19,21,24H,6-15H2,1H3. The van der Waals surface area contributed by atoms with Crippen molar-refractivity contribution in [3.05, 3.63) is 29.8 Å². The molecule has 0 aromatic heterocycles. The van der Waals surface area contributed by atoms with E-state index in [4.69, 9.17) is 0 Å². The number of rotatable bonds is 5. The van der Waals surface area contributed by atoms with Crippen LogP contribution >= 0.6 is 0 Å². The van der Waals surface area contributed by atoms with Gasteiger partial charge in [-0.25, -0.2) is 0 Å². The highest BCUT2D eigenvalue weighted by Gasteiger charge is 2.20. The first kappa shape index (κ1) is 18.2. The summed E-state index contributed by atoms with van der Waals surface area (Å²) in [5.41, 5.74) is 2.60. The number of hydrogen-bond acceptors (Lipinski definition) is 4. The Bertz CT molecular complexity index is 545. The molecule has 0 atom stereocenters. The largest absolute Gasteiger partial charge is 0.396 e. The van der Waals surface area contributed by atoms with Gasteiger partial charge < -0.3 is 20.2 Å². The molecule has 2 aliphatic rings. The van der Waals surface area contributed by atoms with Crippen LogP contribution in [0.15, 0.2) is 24.3 Å². The first-order chi connectivity index (χ1) is 12.2. The zero-order valence-corrected chi connectivity index (χ0v) is 15.3. The predicted molar refractivity (Wildman–Crippen MR) is 101 cm³/mol. The number of nitrogens with zero attached hydrogens (tertiary/aromatic N) is 2. The van der Waals surface area contributed by atoms with Gasteiger partial charge in [-0.2, -0.15) is 0 Å². The summed E-state index contributed by atoms with van der Waals surface area (Å²) in [4.78, 5) is 15.7. The van der Waals surface area contributed by atoms with Crippen molar-refractivity contribution in [3.63, 3.8) is 0 Å². The lowest BCUT2D eigenvalue weighted by atomic mass is 9.97. The summed E-state index contributed by atoms with van der Waals surface area (Å²) in [5.74, 6) is 0.672. The molecule has 0 spiro atoms. The SMILES string of the molecule is CC(=O)N1CCC(NCc2ccc(N3CCC(CO)CC3)cc2)CC1. The van der Waals surface area contributed by atoms with Gasteiger partial charge in [-0.1, -0.05) is 12.1 Å². The van der Waals surface area contributed by atoms with Gasteiger partial charge in [0, 0.05) is 58.0 Å². The number of aliphatic hydroxyl groups excluding tert-OH is 1. The topological polar surface area (TPSA) is 55.8 Å². The third kappa shape index (κ3) is 4.95. The molecule has 5 heteroatoms. The molecule has 138 valence electrons. The molecule has 0 radical (unpaired) electrons. The Hall–Kier alpha value is -1.59.